The predicted molar refractivity (Wildman–Crippen MR) is 49.3 cm³/mol. The molecule has 4 nitrogen and oxygen atoms in total. The minimum Gasteiger partial charge on any atom is -0.483 e. The molecule has 0 aromatic rings. The molecule has 0 N–H and O–H groups in total. The third kappa shape index (κ3) is 1.95. The highest BCUT2D eigenvalue weighted by atomic mass is 16.6. The molecule has 0 radical (unpaired) electrons. The molecule has 1 unspecified atom stereocenters. The van der Waals surface area contributed by atoms with Gasteiger partial charge in [0.25, 0.3) is 0 Å². The van der Waals surface area contributed by atoms with E-state index in [9.17, 15) is 9.59 Å². The Labute approximate surface area is 82.9 Å². The van der Waals surface area contributed by atoms with E-state index >= 15 is 0 Å². The number of rotatable bonds is 3. The van der Waals surface area contributed by atoms with Crippen LogP contribution in [-0.4, -0.2) is 17.9 Å². The SMILES string of the molecule is CCC(=O)OC1=C(CC)OC(C)C1=O. The quantitative estimate of drug-likeness (QED) is 0.645. The molecule has 0 fully saturated rings. The zero-order valence-electron chi connectivity index (χ0n) is 8.62. The molecule has 1 rings (SSSR count). The maximum Gasteiger partial charge on any atom is 0.311 e. The Morgan fingerprint density at radius 1 is 1.50 bits per heavy atom. The number of carbonyl (C=O) groups is 2. The van der Waals surface area contributed by atoms with E-state index in [1.54, 1.807) is 13.8 Å². The van der Waals surface area contributed by atoms with E-state index in [0.29, 0.717) is 12.2 Å². The minimum absolute atomic E-state index is 0.0897. The molecule has 0 amide bonds. The van der Waals surface area contributed by atoms with Crippen LogP contribution >= 0.6 is 0 Å². The van der Waals surface area contributed by atoms with Crippen molar-refractivity contribution in [1.29, 1.82) is 0 Å². The molecule has 14 heavy (non-hydrogen) atoms. The Kier molecular flexibility index (Phi) is 3.28. The van der Waals surface area contributed by atoms with Gasteiger partial charge in [-0.2, -0.15) is 0 Å². The van der Waals surface area contributed by atoms with Crippen molar-refractivity contribution in [3.63, 3.8) is 0 Å². The summed E-state index contributed by atoms with van der Waals surface area (Å²) < 4.78 is 10.1. The van der Waals surface area contributed by atoms with Crippen molar-refractivity contribution in [2.24, 2.45) is 0 Å². The highest BCUT2D eigenvalue weighted by Gasteiger charge is 2.33. The highest BCUT2D eigenvalue weighted by Crippen LogP contribution is 2.25. The normalized spacial score (nSPS) is 21.1. The van der Waals surface area contributed by atoms with Gasteiger partial charge in [-0.1, -0.05) is 13.8 Å². The largest absolute Gasteiger partial charge is 0.483 e. The van der Waals surface area contributed by atoms with Crippen molar-refractivity contribution in [2.75, 3.05) is 0 Å². The summed E-state index contributed by atoms with van der Waals surface area (Å²) in [6.07, 6.45) is 0.287. The fraction of sp³-hybridized carbons (Fsp3) is 0.600. The van der Waals surface area contributed by atoms with Crippen molar-refractivity contribution in [3.8, 4) is 0 Å². The Morgan fingerprint density at radius 3 is 2.64 bits per heavy atom. The number of hydrogen-bond donors (Lipinski definition) is 0. The van der Waals surface area contributed by atoms with Gasteiger partial charge < -0.3 is 9.47 Å². The minimum atomic E-state index is -0.524. The second-order valence-electron chi connectivity index (χ2n) is 3.06. The smallest absolute Gasteiger partial charge is 0.311 e. The number of ketones is 1. The van der Waals surface area contributed by atoms with Crippen molar-refractivity contribution >= 4 is 11.8 Å². The van der Waals surface area contributed by atoms with Gasteiger partial charge in [-0.3, -0.25) is 9.59 Å². The van der Waals surface area contributed by atoms with Crippen LogP contribution in [0.4, 0.5) is 0 Å². The van der Waals surface area contributed by atoms with Crippen LogP contribution in [0.2, 0.25) is 0 Å². The van der Waals surface area contributed by atoms with Crippen molar-refractivity contribution < 1.29 is 19.1 Å². The molecule has 0 saturated heterocycles. The molecule has 0 aromatic heterocycles. The van der Waals surface area contributed by atoms with E-state index < -0.39 is 12.1 Å². The molecule has 1 heterocycles. The van der Waals surface area contributed by atoms with Crippen LogP contribution in [0.5, 0.6) is 0 Å². The lowest BCUT2D eigenvalue weighted by Gasteiger charge is -2.02. The van der Waals surface area contributed by atoms with E-state index in [1.165, 1.54) is 0 Å². The van der Waals surface area contributed by atoms with Crippen LogP contribution in [0.25, 0.3) is 0 Å². The second kappa shape index (κ2) is 4.26. The van der Waals surface area contributed by atoms with Gasteiger partial charge in [0.15, 0.2) is 6.10 Å². The predicted octanol–water partition coefficient (Wildman–Crippen LogP) is 1.55. The molecule has 1 atom stereocenters. The highest BCUT2D eigenvalue weighted by molar-refractivity contribution is 6.00. The summed E-state index contributed by atoms with van der Waals surface area (Å²) in [6, 6.07) is 0. The maximum atomic E-state index is 11.5. The molecule has 0 aliphatic carbocycles. The molecule has 0 spiro atoms. The zero-order valence-corrected chi connectivity index (χ0v) is 8.62. The first-order valence-corrected chi connectivity index (χ1v) is 4.74. The summed E-state index contributed by atoms with van der Waals surface area (Å²) in [4.78, 5) is 22.5. The van der Waals surface area contributed by atoms with Gasteiger partial charge in [0, 0.05) is 12.8 Å². The summed E-state index contributed by atoms with van der Waals surface area (Å²) in [7, 11) is 0. The monoisotopic (exact) mass is 198 g/mol. The molecule has 0 aromatic carbocycles. The van der Waals surface area contributed by atoms with Gasteiger partial charge in [-0.05, 0) is 6.92 Å². The molecular weight excluding hydrogens is 184 g/mol. The van der Waals surface area contributed by atoms with Gasteiger partial charge in [-0.25, -0.2) is 0 Å². The third-order valence-corrected chi connectivity index (χ3v) is 1.99. The fourth-order valence-electron chi connectivity index (χ4n) is 1.18. The summed E-state index contributed by atoms with van der Waals surface area (Å²) in [5.74, 6) is -0.0863. The summed E-state index contributed by atoms with van der Waals surface area (Å²) in [5, 5.41) is 0. The van der Waals surface area contributed by atoms with Crippen LogP contribution in [0.3, 0.4) is 0 Å². The number of ether oxygens (including phenoxy) is 2. The first kappa shape index (κ1) is 10.8. The van der Waals surface area contributed by atoms with Gasteiger partial charge in [0.2, 0.25) is 11.5 Å². The molecule has 1 aliphatic rings. The standard InChI is InChI=1S/C10H14O4/c1-4-7-10(14-8(11)5-2)9(12)6(3)13-7/h6H,4-5H2,1-3H3. The lowest BCUT2D eigenvalue weighted by Crippen LogP contribution is -2.16. The molecule has 0 saturated carbocycles. The van der Waals surface area contributed by atoms with Crippen LogP contribution < -0.4 is 0 Å². The summed E-state index contributed by atoms with van der Waals surface area (Å²) >= 11 is 0. The van der Waals surface area contributed by atoms with E-state index in [1.807, 2.05) is 6.92 Å². The lowest BCUT2D eigenvalue weighted by molar-refractivity contribution is -0.142. The van der Waals surface area contributed by atoms with Crippen LogP contribution in [0.15, 0.2) is 11.5 Å². The number of allylic oxidation sites excluding steroid dienone is 1. The molecular formula is C10H14O4. The van der Waals surface area contributed by atoms with Gasteiger partial charge in [0.1, 0.15) is 5.76 Å². The van der Waals surface area contributed by atoms with E-state index in [2.05, 4.69) is 0 Å². The van der Waals surface area contributed by atoms with Crippen LogP contribution in [-0.2, 0) is 19.1 Å². The van der Waals surface area contributed by atoms with E-state index in [0.717, 1.165) is 0 Å². The Morgan fingerprint density at radius 2 is 2.14 bits per heavy atom. The maximum absolute atomic E-state index is 11.5. The number of hydrogen-bond acceptors (Lipinski definition) is 4. The van der Waals surface area contributed by atoms with E-state index in [-0.39, 0.29) is 18.0 Å². The number of carbonyl (C=O) groups excluding carboxylic acids is 2. The third-order valence-electron chi connectivity index (χ3n) is 1.99. The fourth-order valence-corrected chi connectivity index (χ4v) is 1.18. The first-order valence-electron chi connectivity index (χ1n) is 4.74. The number of esters is 1. The van der Waals surface area contributed by atoms with Crippen molar-refractivity contribution in [3.05, 3.63) is 11.5 Å². The van der Waals surface area contributed by atoms with E-state index in [4.69, 9.17) is 9.47 Å². The zero-order chi connectivity index (χ0) is 10.7. The summed E-state index contributed by atoms with van der Waals surface area (Å²) in [5.41, 5.74) is 0. The Balaban J connectivity index is 2.81. The number of Topliss-reactive ketones (excluding diaryl/α,β-unsaturated/α-hetero) is 1. The Hall–Kier alpha value is -1.32. The van der Waals surface area contributed by atoms with Gasteiger partial charge in [0.05, 0.1) is 0 Å². The first-order chi connectivity index (χ1) is 6.60. The van der Waals surface area contributed by atoms with Gasteiger partial charge in [-0.15, -0.1) is 0 Å². The average molecular weight is 198 g/mol. The van der Waals surface area contributed by atoms with Crippen LogP contribution in [0.1, 0.15) is 33.6 Å². The van der Waals surface area contributed by atoms with Crippen molar-refractivity contribution in [1.82, 2.24) is 0 Å². The van der Waals surface area contributed by atoms with Gasteiger partial charge >= 0.3 is 5.97 Å². The lowest BCUT2D eigenvalue weighted by atomic mass is 10.2. The average Bonchev–Trinajstić information content (AvgIpc) is 2.45. The molecule has 78 valence electrons. The molecule has 4 heteroatoms. The summed E-state index contributed by atoms with van der Waals surface area (Å²) in [6.45, 7) is 5.17. The topological polar surface area (TPSA) is 52.6 Å². The molecule has 1 aliphatic heterocycles. The van der Waals surface area contributed by atoms with Crippen molar-refractivity contribution in [2.45, 2.75) is 39.7 Å². The molecule has 0 bridgehead atoms. The second-order valence-corrected chi connectivity index (χ2v) is 3.06. The van der Waals surface area contributed by atoms with Crippen LogP contribution in [0, 0.1) is 0 Å². The Bertz CT molecular complexity index is 290.